The molecule has 2 N–H and O–H groups in total. The summed E-state index contributed by atoms with van der Waals surface area (Å²) in [5.74, 6) is -0.0125. The van der Waals surface area contributed by atoms with Crippen LogP contribution in [0.3, 0.4) is 0 Å². The number of pyridine rings is 1. The van der Waals surface area contributed by atoms with Crippen molar-refractivity contribution in [3.8, 4) is 11.3 Å². The van der Waals surface area contributed by atoms with E-state index in [0.29, 0.717) is 29.0 Å². The van der Waals surface area contributed by atoms with Crippen LogP contribution >= 0.6 is 11.6 Å². The van der Waals surface area contributed by atoms with E-state index in [4.69, 9.17) is 16.3 Å². The summed E-state index contributed by atoms with van der Waals surface area (Å²) in [6, 6.07) is 10.4. The largest absolute Gasteiger partial charge is 0.395 e. The highest BCUT2D eigenvalue weighted by atomic mass is 35.5. The Morgan fingerprint density at radius 2 is 2.03 bits per heavy atom. The molecule has 1 aromatic carbocycles. The number of halogens is 2. The zero-order valence-electron chi connectivity index (χ0n) is 17.7. The lowest BCUT2D eigenvalue weighted by atomic mass is 9.99. The van der Waals surface area contributed by atoms with Crippen LogP contribution in [0.4, 0.5) is 10.3 Å². The summed E-state index contributed by atoms with van der Waals surface area (Å²) in [6.07, 6.45) is 5.39. The Kier molecular flexibility index (Phi) is 6.17. The fraction of sp³-hybridized carbons (Fsp3) is 0.304. The maximum Gasteiger partial charge on any atom is 0.223 e. The molecule has 10 heteroatoms. The average molecular weight is 469 g/mol. The van der Waals surface area contributed by atoms with Crippen molar-refractivity contribution < 1.29 is 14.2 Å². The Hall–Kier alpha value is -3.14. The predicted octanol–water partition coefficient (Wildman–Crippen LogP) is 3.69. The van der Waals surface area contributed by atoms with E-state index in [1.165, 1.54) is 12.1 Å². The fourth-order valence-corrected chi connectivity index (χ4v) is 4.10. The van der Waals surface area contributed by atoms with Crippen molar-refractivity contribution in [3.05, 3.63) is 71.0 Å². The number of aromatic nitrogens is 5. The van der Waals surface area contributed by atoms with Gasteiger partial charge in [-0.2, -0.15) is 0 Å². The van der Waals surface area contributed by atoms with Gasteiger partial charge in [-0.3, -0.25) is 4.40 Å². The van der Waals surface area contributed by atoms with Gasteiger partial charge >= 0.3 is 0 Å². The fourth-order valence-electron chi connectivity index (χ4n) is 3.99. The van der Waals surface area contributed by atoms with Gasteiger partial charge in [0, 0.05) is 37.2 Å². The minimum atomic E-state index is -0.549. The molecule has 1 atom stereocenters. The third kappa shape index (κ3) is 4.52. The molecule has 4 aromatic rings. The van der Waals surface area contributed by atoms with E-state index in [-0.39, 0.29) is 11.6 Å². The molecule has 170 valence electrons. The van der Waals surface area contributed by atoms with Gasteiger partial charge in [0.2, 0.25) is 5.95 Å². The van der Waals surface area contributed by atoms with Crippen molar-refractivity contribution in [1.82, 2.24) is 24.6 Å². The molecule has 0 bridgehead atoms. The third-order valence-electron chi connectivity index (χ3n) is 5.78. The molecule has 1 saturated heterocycles. The maximum absolute atomic E-state index is 14.0. The van der Waals surface area contributed by atoms with Crippen molar-refractivity contribution in [2.45, 2.75) is 24.8 Å². The van der Waals surface area contributed by atoms with E-state index in [9.17, 15) is 9.50 Å². The zero-order chi connectivity index (χ0) is 22.8. The molecule has 0 radical (unpaired) electrons. The normalized spacial score (nSPS) is 15.6. The Bertz CT molecular complexity index is 1280. The first kappa shape index (κ1) is 21.7. The average Bonchev–Trinajstić information content (AvgIpc) is 3.26. The van der Waals surface area contributed by atoms with Crippen LogP contribution in [0.2, 0.25) is 5.02 Å². The Labute approximate surface area is 194 Å². The third-order valence-corrected chi connectivity index (χ3v) is 6.09. The summed E-state index contributed by atoms with van der Waals surface area (Å²) >= 11 is 5.80. The van der Waals surface area contributed by atoms with Gasteiger partial charge < -0.3 is 15.2 Å². The number of hydrogen-bond donors (Lipinski definition) is 2. The summed E-state index contributed by atoms with van der Waals surface area (Å²) in [5, 5.41) is 21.9. The van der Waals surface area contributed by atoms with Crippen LogP contribution in [0.1, 0.15) is 30.1 Å². The zero-order valence-corrected chi connectivity index (χ0v) is 18.4. The van der Waals surface area contributed by atoms with Crippen LogP contribution < -0.4 is 5.32 Å². The molecule has 5 rings (SSSR count). The molecule has 4 heterocycles. The molecule has 0 aliphatic carbocycles. The van der Waals surface area contributed by atoms with Crippen LogP contribution in [-0.4, -0.2) is 55.5 Å². The molecular weight excluding hydrogens is 447 g/mol. The van der Waals surface area contributed by atoms with Crippen molar-refractivity contribution in [2.75, 3.05) is 25.1 Å². The number of fused-ring (bicyclic) bond motifs is 1. The van der Waals surface area contributed by atoms with Crippen LogP contribution in [0.5, 0.6) is 0 Å². The first-order valence-electron chi connectivity index (χ1n) is 10.7. The van der Waals surface area contributed by atoms with Crippen molar-refractivity contribution >= 4 is 23.2 Å². The second kappa shape index (κ2) is 9.38. The molecule has 1 aliphatic heterocycles. The molecule has 8 nitrogen and oxygen atoms in total. The first-order chi connectivity index (χ1) is 16.1. The lowest BCUT2D eigenvalue weighted by Crippen LogP contribution is -2.28. The number of benzene rings is 1. The van der Waals surface area contributed by atoms with E-state index >= 15 is 0 Å². The van der Waals surface area contributed by atoms with Gasteiger partial charge in [-0.25, -0.2) is 14.4 Å². The number of aliphatic hydroxyl groups is 1. The number of ether oxygens (including phenoxy) is 1. The Morgan fingerprint density at radius 1 is 1.18 bits per heavy atom. The SMILES string of the molecule is OCC(c1ccc(Cl)c(F)c1)c1nnc2cc(-c3ccnc(NC4CCOCC4)n3)ccn12. The Balaban J connectivity index is 1.43. The summed E-state index contributed by atoms with van der Waals surface area (Å²) in [6.45, 7) is 1.22. The summed E-state index contributed by atoms with van der Waals surface area (Å²) in [7, 11) is 0. The molecule has 0 saturated carbocycles. The van der Waals surface area contributed by atoms with Gasteiger partial charge in [-0.15, -0.1) is 10.2 Å². The summed E-state index contributed by atoms with van der Waals surface area (Å²) in [5.41, 5.74) is 2.77. The minimum Gasteiger partial charge on any atom is -0.395 e. The molecule has 0 amide bonds. The smallest absolute Gasteiger partial charge is 0.223 e. The second-order valence-corrected chi connectivity index (χ2v) is 8.31. The van der Waals surface area contributed by atoms with E-state index in [1.54, 1.807) is 16.7 Å². The highest BCUT2D eigenvalue weighted by Crippen LogP contribution is 2.28. The molecule has 1 aliphatic rings. The number of nitrogens with zero attached hydrogens (tertiary/aromatic N) is 5. The molecule has 1 unspecified atom stereocenters. The monoisotopic (exact) mass is 468 g/mol. The Morgan fingerprint density at radius 3 is 2.82 bits per heavy atom. The van der Waals surface area contributed by atoms with Gasteiger partial charge in [0.15, 0.2) is 5.65 Å². The molecule has 1 fully saturated rings. The number of rotatable bonds is 6. The highest BCUT2D eigenvalue weighted by Gasteiger charge is 2.21. The molecule has 0 spiro atoms. The van der Waals surface area contributed by atoms with Gasteiger partial charge in [-0.1, -0.05) is 17.7 Å². The number of hydrogen-bond acceptors (Lipinski definition) is 7. The maximum atomic E-state index is 14.0. The van der Waals surface area contributed by atoms with Gasteiger partial charge in [-0.05, 0) is 48.7 Å². The molecule has 3 aromatic heterocycles. The first-order valence-corrected chi connectivity index (χ1v) is 11.1. The van der Waals surface area contributed by atoms with Crippen LogP contribution in [0.15, 0.2) is 48.8 Å². The van der Waals surface area contributed by atoms with E-state index in [2.05, 4.69) is 25.5 Å². The van der Waals surface area contributed by atoms with E-state index in [0.717, 1.165) is 37.3 Å². The van der Waals surface area contributed by atoms with Crippen LogP contribution in [0, 0.1) is 5.82 Å². The summed E-state index contributed by atoms with van der Waals surface area (Å²) in [4.78, 5) is 9.00. The lowest BCUT2D eigenvalue weighted by Gasteiger charge is -2.23. The number of aliphatic hydroxyl groups excluding tert-OH is 1. The van der Waals surface area contributed by atoms with E-state index in [1.807, 2.05) is 24.4 Å². The molecular formula is C23H22ClFN6O2. The van der Waals surface area contributed by atoms with Crippen LogP contribution in [-0.2, 0) is 4.74 Å². The topological polar surface area (TPSA) is 97.5 Å². The lowest BCUT2D eigenvalue weighted by molar-refractivity contribution is 0.0903. The second-order valence-electron chi connectivity index (χ2n) is 7.91. The molecule has 33 heavy (non-hydrogen) atoms. The number of anilines is 1. The predicted molar refractivity (Wildman–Crippen MR) is 122 cm³/mol. The number of nitrogens with one attached hydrogen (secondary N) is 1. The highest BCUT2D eigenvalue weighted by molar-refractivity contribution is 6.30. The quantitative estimate of drug-likeness (QED) is 0.445. The van der Waals surface area contributed by atoms with Crippen LogP contribution in [0.25, 0.3) is 16.9 Å². The standard InChI is InChI=1S/C23H22ClFN6O2/c24-18-2-1-14(11-19(18)25)17(13-32)22-30-29-21-12-15(4-8-31(21)22)20-3-7-26-23(28-20)27-16-5-9-33-10-6-16/h1-4,7-8,11-12,16-17,32H,5-6,9-10,13H2,(H,26,27,28). The van der Waals surface area contributed by atoms with Crippen molar-refractivity contribution in [1.29, 1.82) is 0 Å². The van der Waals surface area contributed by atoms with E-state index < -0.39 is 11.7 Å². The van der Waals surface area contributed by atoms with Gasteiger partial charge in [0.05, 0.1) is 23.2 Å². The van der Waals surface area contributed by atoms with Gasteiger partial charge in [0.25, 0.3) is 0 Å². The van der Waals surface area contributed by atoms with Gasteiger partial charge in [0.1, 0.15) is 11.6 Å². The van der Waals surface area contributed by atoms with Crippen molar-refractivity contribution in [2.24, 2.45) is 0 Å². The van der Waals surface area contributed by atoms with Crippen molar-refractivity contribution in [3.63, 3.8) is 0 Å². The minimum absolute atomic E-state index is 0.0294. The summed E-state index contributed by atoms with van der Waals surface area (Å²) < 4.78 is 21.2.